The Morgan fingerprint density at radius 3 is 2.50 bits per heavy atom. The summed E-state index contributed by atoms with van der Waals surface area (Å²) in [6, 6.07) is 16.7. The van der Waals surface area contributed by atoms with Crippen LogP contribution in [0.2, 0.25) is 0 Å². The number of nitrogens with zero attached hydrogens (tertiary/aromatic N) is 1. The molecule has 1 aromatic heterocycles. The van der Waals surface area contributed by atoms with Crippen LogP contribution in [0.4, 0.5) is 0 Å². The van der Waals surface area contributed by atoms with E-state index in [1.54, 1.807) is 19.3 Å². The van der Waals surface area contributed by atoms with E-state index in [2.05, 4.69) is 48.3 Å². The predicted octanol–water partition coefficient (Wildman–Crippen LogP) is 4.65. The number of carbonyl (C=O) groups is 1. The van der Waals surface area contributed by atoms with Crippen LogP contribution in [0.25, 0.3) is 10.8 Å². The van der Waals surface area contributed by atoms with Crippen molar-refractivity contribution in [3.63, 3.8) is 0 Å². The molecule has 22 heavy (non-hydrogen) atoms. The second kappa shape index (κ2) is 6.10. The quantitative estimate of drug-likeness (QED) is 0.699. The smallest absolute Gasteiger partial charge is 0.130 e. The fraction of sp³-hybridized carbons (Fsp3) is 0.200. The summed E-state index contributed by atoms with van der Waals surface area (Å²) in [5, 5.41) is 2.49. The molecular weight excluding hydrogens is 270 g/mol. The van der Waals surface area contributed by atoms with Crippen molar-refractivity contribution in [2.24, 2.45) is 0 Å². The van der Waals surface area contributed by atoms with Crippen LogP contribution in [-0.2, 0) is 4.79 Å². The lowest BCUT2D eigenvalue weighted by Gasteiger charge is -2.20. The third kappa shape index (κ3) is 2.77. The van der Waals surface area contributed by atoms with Crippen LogP contribution < -0.4 is 0 Å². The number of fused-ring (bicyclic) bond motifs is 1. The normalized spacial score (nSPS) is 12.3. The highest BCUT2D eigenvalue weighted by Gasteiger charge is 2.19. The van der Waals surface area contributed by atoms with E-state index in [0.29, 0.717) is 6.42 Å². The summed E-state index contributed by atoms with van der Waals surface area (Å²) >= 11 is 0. The zero-order valence-electron chi connectivity index (χ0n) is 12.9. The van der Waals surface area contributed by atoms with E-state index >= 15 is 0 Å². The molecule has 2 nitrogen and oxygen atoms in total. The van der Waals surface area contributed by atoms with Crippen molar-refractivity contribution < 1.29 is 4.79 Å². The molecule has 0 amide bonds. The first-order valence-corrected chi connectivity index (χ1v) is 7.54. The Labute approximate surface area is 130 Å². The van der Waals surface area contributed by atoms with E-state index < -0.39 is 0 Å². The predicted molar refractivity (Wildman–Crippen MR) is 90.1 cm³/mol. The summed E-state index contributed by atoms with van der Waals surface area (Å²) in [4.78, 5) is 15.8. The van der Waals surface area contributed by atoms with Crippen LogP contribution in [0.15, 0.2) is 60.9 Å². The number of hydrogen-bond acceptors (Lipinski definition) is 2. The Kier molecular flexibility index (Phi) is 4.01. The zero-order valence-corrected chi connectivity index (χ0v) is 12.9. The van der Waals surface area contributed by atoms with Gasteiger partial charge in [-0.05, 0) is 53.4 Å². The topological polar surface area (TPSA) is 30.0 Å². The summed E-state index contributed by atoms with van der Waals surface area (Å²) in [6.07, 6.45) is 4.10. The molecule has 1 atom stereocenters. The van der Waals surface area contributed by atoms with E-state index in [1.165, 1.54) is 21.9 Å². The molecule has 3 rings (SSSR count). The number of aromatic nitrogens is 1. The minimum Gasteiger partial charge on any atom is -0.300 e. The van der Waals surface area contributed by atoms with E-state index in [4.69, 9.17) is 0 Å². The van der Waals surface area contributed by atoms with Crippen LogP contribution in [0.3, 0.4) is 0 Å². The summed E-state index contributed by atoms with van der Waals surface area (Å²) in [5.41, 5.74) is 3.62. The SMILES string of the molecule is CC(=O)CC(c1ccncc1)c1ccc2ccccc2c1C. The minimum atomic E-state index is 0.0881. The summed E-state index contributed by atoms with van der Waals surface area (Å²) in [7, 11) is 0. The van der Waals surface area contributed by atoms with Gasteiger partial charge >= 0.3 is 0 Å². The molecule has 0 spiro atoms. The number of rotatable bonds is 4. The number of ketones is 1. The van der Waals surface area contributed by atoms with Gasteiger partial charge in [0.15, 0.2) is 0 Å². The Bertz CT molecular complexity index is 808. The average Bonchev–Trinajstić information content (AvgIpc) is 2.54. The molecule has 0 saturated carbocycles. The lowest BCUT2D eigenvalue weighted by atomic mass is 9.84. The molecule has 0 N–H and O–H groups in total. The van der Waals surface area contributed by atoms with Gasteiger partial charge in [0, 0.05) is 24.7 Å². The molecule has 3 aromatic rings. The molecule has 110 valence electrons. The first-order valence-electron chi connectivity index (χ1n) is 7.54. The molecule has 0 fully saturated rings. The molecule has 0 radical (unpaired) electrons. The van der Waals surface area contributed by atoms with Gasteiger partial charge in [-0.25, -0.2) is 0 Å². The molecule has 0 aliphatic rings. The van der Waals surface area contributed by atoms with Crippen molar-refractivity contribution in [1.82, 2.24) is 4.98 Å². The van der Waals surface area contributed by atoms with Gasteiger partial charge in [-0.15, -0.1) is 0 Å². The first-order chi connectivity index (χ1) is 10.7. The Hall–Kier alpha value is -2.48. The molecule has 2 heteroatoms. The number of benzene rings is 2. The molecular formula is C20H19NO. The van der Waals surface area contributed by atoms with Gasteiger partial charge in [0.25, 0.3) is 0 Å². The number of Topliss-reactive ketones (excluding diaryl/α,β-unsaturated/α-hetero) is 1. The van der Waals surface area contributed by atoms with E-state index in [1.807, 2.05) is 12.1 Å². The van der Waals surface area contributed by atoms with Crippen molar-refractivity contribution >= 4 is 16.6 Å². The van der Waals surface area contributed by atoms with Crippen LogP contribution in [0.1, 0.15) is 36.0 Å². The largest absolute Gasteiger partial charge is 0.300 e. The van der Waals surface area contributed by atoms with Gasteiger partial charge in [0.1, 0.15) is 5.78 Å². The monoisotopic (exact) mass is 289 g/mol. The van der Waals surface area contributed by atoms with Crippen LogP contribution in [-0.4, -0.2) is 10.8 Å². The Morgan fingerprint density at radius 2 is 1.77 bits per heavy atom. The lowest BCUT2D eigenvalue weighted by Crippen LogP contribution is -2.08. The van der Waals surface area contributed by atoms with Gasteiger partial charge in [-0.1, -0.05) is 36.4 Å². The standard InChI is InChI=1S/C20H19NO/c1-14(22)13-20(17-9-11-21-12-10-17)19-8-7-16-5-3-4-6-18(16)15(19)2/h3-12,20H,13H2,1-2H3. The second-order valence-electron chi connectivity index (χ2n) is 5.74. The maximum Gasteiger partial charge on any atom is 0.130 e. The molecule has 1 heterocycles. The van der Waals surface area contributed by atoms with Gasteiger partial charge in [0.2, 0.25) is 0 Å². The highest BCUT2D eigenvalue weighted by atomic mass is 16.1. The maximum absolute atomic E-state index is 11.8. The van der Waals surface area contributed by atoms with E-state index in [0.717, 1.165) is 5.56 Å². The van der Waals surface area contributed by atoms with Crippen molar-refractivity contribution in [2.45, 2.75) is 26.2 Å². The third-order valence-electron chi connectivity index (χ3n) is 4.22. The Balaban J connectivity index is 2.16. The van der Waals surface area contributed by atoms with Crippen molar-refractivity contribution in [3.05, 3.63) is 77.6 Å². The highest BCUT2D eigenvalue weighted by molar-refractivity contribution is 5.87. The van der Waals surface area contributed by atoms with E-state index in [9.17, 15) is 4.79 Å². The molecule has 2 aromatic carbocycles. The van der Waals surface area contributed by atoms with Crippen LogP contribution in [0.5, 0.6) is 0 Å². The summed E-state index contributed by atoms with van der Waals surface area (Å²) in [5.74, 6) is 0.291. The third-order valence-corrected chi connectivity index (χ3v) is 4.22. The Morgan fingerprint density at radius 1 is 1.05 bits per heavy atom. The first kappa shape index (κ1) is 14.5. The number of hydrogen-bond donors (Lipinski definition) is 0. The lowest BCUT2D eigenvalue weighted by molar-refractivity contribution is -0.117. The van der Waals surface area contributed by atoms with Crippen molar-refractivity contribution in [3.8, 4) is 0 Å². The second-order valence-corrected chi connectivity index (χ2v) is 5.74. The maximum atomic E-state index is 11.8. The average molecular weight is 289 g/mol. The van der Waals surface area contributed by atoms with Gasteiger partial charge in [0.05, 0.1) is 0 Å². The molecule has 0 aliphatic carbocycles. The minimum absolute atomic E-state index is 0.0881. The van der Waals surface area contributed by atoms with Gasteiger partial charge in [-0.2, -0.15) is 0 Å². The number of carbonyl (C=O) groups excluding carboxylic acids is 1. The fourth-order valence-corrected chi connectivity index (χ4v) is 3.11. The summed E-state index contributed by atoms with van der Waals surface area (Å²) < 4.78 is 0. The van der Waals surface area contributed by atoms with Gasteiger partial charge in [-0.3, -0.25) is 9.78 Å². The molecule has 0 saturated heterocycles. The van der Waals surface area contributed by atoms with Crippen LogP contribution >= 0.6 is 0 Å². The fourth-order valence-electron chi connectivity index (χ4n) is 3.11. The highest BCUT2D eigenvalue weighted by Crippen LogP contribution is 2.33. The zero-order chi connectivity index (χ0) is 15.5. The number of aryl methyl sites for hydroxylation is 1. The molecule has 0 bridgehead atoms. The van der Waals surface area contributed by atoms with Crippen molar-refractivity contribution in [1.29, 1.82) is 0 Å². The molecule has 0 aliphatic heterocycles. The molecule has 1 unspecified atom stereocenters. The van der Waals surface area contributed by atoms with E-state index in [-0.39, 0.29) is 11.7 Å². The van der Waals surface area contributed by atoms with Gasteiger partial charge < -0.3 is 0 Å². The van der Waals surface area contributed by atoms with Crippen LogP contribution in [0, 0.1) is 6.92 Å². The van der Waals surface area contributed by atoms with Crippen molar-refractivity contribution in [2.75, 3.05) is 0 Å². The number of pyridine rings is 1. The summed E-state index contributed by atoms with van der Waals surface area (Å²) in [6.45, 7) is 3.80.